The van der Waals surface area contributed by atoms with E-state index in [4.69, 9.17) is 20.9 Å². The second-order valence-corrected chi connectivity index (χ2v) is 5.75. The molecule has 0 bridgehead atoms. The van der Waals surface area contributed by atoms with Gasteiger partial charge in [0.25, 0.3) is 0 Å². The first kappa shape index (κ1) is 16.2. The molecule has 8 heteroatoms. The predicted molar refractivity (Wildman–Crippen MR) is 86.2 cm³/mol. The lowest BCUT2D eigenvalue weighted by atomic mass is 10.3. The minimum absolute atomic E-state index is 0.0156. The van der Waals surface area contributed by atoms with Crippen LogP contribution < -0.4 is 0 Å². The van der Waals surface area contributed by atoms with Gasteiger partial charge in [-0.25, -0.2) is 14.5 Å². The van der Waals surface area contributed by atoms with Gasteiger partial charge in [0.2, 0.25) is 0 Å². The van der Waals surface area contributed by atoms with Crippen LogP contribution >= 0.6 is 11.6 Å². The molecule has 124 valence electrons. The molecule has 0 aliphatic rings. The summed E-state index contributed by atoms with van der Waals surface area (Å²) in [6.07, 6.45) is 0. The molecular weight excluding hydrogens is 332 g/mol. The third kappa shape index (κ3) is 3.30. The Morgan fingerprint density at radius 3 is 2.71 bits per heavy atom. The maximum absolute atomic E-state index is 12.3. The molecule has 0 unspecified atom stereocenters. The van der Waals surface area contributed by atoms with Crippen molar-refractivity contribution in [2.75, 3.05) is 0 Å². The summed E-state index contributed by atoms with van der Waals surface area (Å²) in [4.78, 5) is 16.5. The van der Waals surface area contributed by atoms with Crippen LogP contribution in [0.4, 0.5) is 0 Å². The Hall–Kier alpha value is -2.67. The van der Waals surface area contributed by atoms with E-state index in [1.807, 2.05) is 19.9 Å². The average molecular weight is 347 g/mol. The molecule has 0 fully saturated rings. The van der Waals surface area contributed by atoms with Crippen LogP contribution in [0.15, 0.2) is 28.8 Å². The van der Waals surface area contributed by atoms with Gasteiger partial charge in [-0.05, 0) is 39.0 Å². The Morgan fingerprint density at radius 2 is 2.08 bits per heavy atom. The van der Waals surface area contributed by atoms with Gasteiger partial charge in [-0.15, -0.1) is 0 Å². The van der Waals surface area contributed by atoms with Crippen LogP contribution in [0.25, 0.3) is 5.82 Å². The van der Waals surface area contributed by atoms with Gasteiger partial charge < -0.3 is 9.26 Å². The number of hydrogen-bond donors (Lipinski definition) is 0. The molecule has 0 amide bonds. The standard InChI is InChI=1S/C16H15ClN4O3/c1-9-6-10(2)21(19-9)14-5-4-13(17)15(18-14)16(22)23-8-12-7-11(3)24-20-12/h4-7H,8H2,1-3H3. The molecule has 0 aliphatic heterocycles. The van der Waals surface area contributed by atoms with E-state index in [9.17, 15) is 4.79 Å². The van der Waals surface area contributed by atoms with E-state index in [1.54, 1.807) is 29.8 Å². The first-order valence-electron chi connectivity index (χ1n) is 7.23. The molecule has 0 N–H and O–H groups in total. The van der Waals surface area contributed by atoms with Gasteiger partial charge in [-0.2, -0.15) is 5.10 Å². The van der Waals surface area contributed by atoms with Crippen LogP contribution in [0.1, 0.15) is 33.3 Å². The summed E-state index contributed by atoms with van der Waals surface area (Å²) < 4.78 is 11.8. The van der Waals surface area contributed by atoms with E-state index in [0.717, 1.165) is 11.4 Å². The van der Waals surface area contributed by atoms with Gasteiger partial charge in [0.1, 0.15) is 18.1 Å². The highest BCUT2D eigenvalue weighted by molar-refractivity contribution is 6.33. The second kappa shape index (κ2) is 6.45. The number of carbonyl (C=O) groups is 1. The van der Waals surface area contributed by atoms with Crippen molar-refractivity contribution in [1.82, 2.24) is 19.9 Å². The lowest BCUT2D eigenvalue weighted by molar-refractivity contribution is 0.0457. The van der Waals surface area contributed by atoms with Crippen LogP contribution in [0.3, 0.4) is 0 Å². The molecule has 3 aromatic rings. The number of aryl methyl sites for hydroxylation is 3. The zero-order valence-electron chi connectivity index (χ0n) is 13.4. The molecule has 0 spiro atoms. The molecule has 0 saturated heterocycles. The van der Waals surface area contributed by atoms with Crippen LogP contribution in [-0.2, 0) is 11.3 Å². The van der Waals surface area contributed by atoms with E-state index in [-0.39, 0.29) is 17.3 Å². The Morgan fingerprint density at radius 1 is 1.29 bits per heavy atom. The predicted octanol–water partition coefficient (Wildman–Crippen LogP) is 3.19. The van der Waals surface area contributed by atoms with Gasteiger partial charge >= 0.3 is 5.97 Å². The van der Waals surface area contributed by atoms with E-state index in [2.05, 4.69) is 15.2 Å². The van der Waals surface area contributed by atoms with Crippen LogP contribution in [-0.4, -0.2) is 25.9 Å². The number of pyridine rings is 1. The highest BCUT2D eigenvalue weighted by Crippen LogP contribution is 2.19. The first-order chi connectivity index (χ1) is 11.4. The summed E-state index contributed by atoms with van der Waals surface area (Å²) in [6.45, 7) is 5.53. The summed E-state index contributed by atoms with van der Waals surface area (Å²) >= 11 is 6.08. The smallest absolute Gasteiger partial charge is 0.358 e. The molecule has 7 nitrogen and oxygen atoms in total. The van der Waals surface area contributed by atoms with E-state index >= 15 is 0 Å². The molecule has 0 atom stereocenters. The number of rotatable bonds is 4. The third-order valence-corrected chi connectivity index (χ3v) is 3.58. The lowest BCUT2D eigenvalue weighted by Gasteiger charge is -2.08. The fraction of sp³-hybridized carbons (Fsp3) is 0.250. The highest BCUT2D eigenvalue weighted by Gasteiger charge is 2.17. The number of ether oxygens (including phenoxy) is 1. The molecule has 24 heavy (non-hydrogen) atoms. The van der Waals surface area contributed by atoms with Crippen molar-refractivity contribution >= 4 is 17.6 Å². The summed E-state index contributed by atoms with van der Waals surface area (Å²) in [5.41, 5.74) is 2.31. The van der Waals surface area contributed by atoms with Gasteiger partial charge in [-0.3, -0.25) is 0 Å². The number of hydrogen-bond acceptors (Lipinski definition) is 6. The zero-order chi connectivity index (χ0) is 17.3. The maximum atomic E-state index is 12.3. The van der Waals surface area contributed by atoms with Gasteiger partial charge in [0.05, 0.1) is 10.7 Å². The summed E-state index contributed by atoms with van der Waals surface area (Å²) in [6, 6.07) is 6.90. The Bertz CT molecular complexity index is 901. The molecule has 0 radical (unpaired) electrons. The number of halogens is 1. The van der Waals surface area contributed by atoms with Crippen molar-refractivity contribution in [3.05, 3.63) is 57.8 Å². The minimum atomic E-state index is -0.635. The van der Waals surface area contributed by atoms with Crippen molar-refractivity contribution < 1.29 is 14.1 Å². The molecule has 3 rings (SSSR count). The highest BCUT2D eigenvalue weighted by atomic mass is 35.5. The number of nitrogens with zero attached hydrogens (tertiary/aromatic N) is 4. The maximum Gasteiger partial charge on any atom is 0.358 e. The van der Waals surface area contributed by atoms with Crippen molar-refractivity contribution in [2.45, 2.75) is 27.4 Å². The van der Waals surface area contributed by atoms with Gasteiger partial charge in [0, 0.05) is 11.8 Å². The second-order valence-electron chi connectivity index (χ2n) is 5.34. The SMILES string of the molecule is Cc1cc(C)n(-c2ccc(Cl)c(C(=O)OCc3cc(C)on3)n2)n1. The fourth-order valence-electron chi connectivity index (χ4n) is 2.25. The Kier molecular flexibility index (Phi) is 4.35. The largest absolute Gasteiger partial charge is 0.454 e. The minimum Gasteiger partial charge on any atom is -0.454 e. The van der Waals surface area contributed by atoms with Crippen molar-refractivity contribution in [2.24, 2.45) is 0 Å². The molecule has 0 saturated carbocycles. The lowest BCUT2D eigenvalue weighted by Crippen LogP contribution is -2.11. The number of carbonyl (C=O) groups excluding carboxylic acids is 1. The van der Waals surface area contributed by atoms with E-state index in [0.29, 0.717) is 17.3 Å². The van der Waals surface area contributed by atoms with Gasteiger partial charge in [-0.1, -0.05) is 16.8 Å². The van der Waals surface area contributed by atoms with Crippen molar-refractivity contribution in [1.29, 1.82) is 0 Å². The Labute approximate surface area is 143 Å². The summed E-state index contributed by atoms with van der Waals surface area (Å²) in [5, 5.41) is 8.32. The van der Waals surface area contributed by atoms with Crippen LogP contribution in [0, 0.1) is 20.8 Å². The van der Waals surface area contributed by atoms with Crippen LogP contribution in [0.5, 0.6) is 0 Å². The van der Waals surface area contributed by atoms with E-state index < -0.39 is 5.97 Å². The summed E-state index contributed by atoms with van der Waals surface area (Å²) in [7, 11) is 0. The molecule has 3 aromatic heterocycles. The normalized spacial score (nSPS) is 10.8. The molecule has 3 heterocycles. The van der Waals surface area contributed by atoms with E-state index in [1.165, 1.54) is 0 Å². The number of aromatic nitrogens is 4. The quantitative estimate of drug-likeness (QED) is 0.675. The molecule has 0 aliphatic carbocycles. The number of esters is 1. The van der Waals surface area contributed by atoms with Crippen molar-refractivity contribution in [3.8, 4) is 5.82 Å². The molecule has 0 aromatic carbocycles. The third-order valence-electron chi connectivity index (χ3n) is 3.28. The molecular formula is C16H15ClN4O3. The van der Waals surface area contributed by atoms with Gasteiger partial charge in [0.15, 0.2) is 11.5 Å². The summed E-state index contributed by atoms with van der Waals surface area (Å²) in [5.74, 6) is 0.502. The van der Waals surface area contributed by atoms with Crippen LogP contribution in [0.2, 0.25) is 5.02 Å². The topological polar surface area (TPSA) is 83.0 Å². The zero-order valence-corrected chi connectivity index (χ0v) is 14.2. The fourth-order valence-corrected chi connectivity index (χ4v) is 2.43. The Balaban J connectivity index is 1.83. The van der Waals surface area contributed by atoms with Crippen molar-refractivity contribution in [3.63, 3.8) is 0 Å². The average Bonchev–Trinajstić information content (AvgIpc) is 3.10. The first-order valence-corrected chi connectivity index (χ1v) is 7.61. The monoisotopic (exact) mass is 346 g/mol.